The summed E-state index contributed by atoms with van der Waals surface area (Å²) in [5, 5.41) is 10.1. The lowest BCUT2D eigenvalue weighted by molar-refractivity contribution is 0.0344. The van der Waals surface area contributed by atoms with E-state index in [1.165, 1.54) is 0 Å². The van der Waals surface area contributed by atoms with E-state index in [9.17, 15) is 9.90 Å². The number of carbonyl (C=O) groups is 1. The van der Waals surface area contributed by atoms with Crippen molar-refractivity contribution in [3.05, 3.63) is 16.5 Å². The Bertz CT molecular complexity index is 522. The molecule has 21 heavy (non-hydrogen) atoms. The molecular formula is C14H21ClN4O2. The summed E-state index contributed by atoms with van der Waals surface area (Å²) in [4.78, 5) is 23.8. The van der Waals surface area contributed by atoms with E-state index >= 15 is 0 Å². The number of anilines is 1. The summed E-state index contributed by atoms with van der Waals surface area (Å²) in [5.74, 6) is 1.16. The SMILES string of the molecule is Cc1nc(Cl)c(C=O)c(N2CCN(CC(C)(C)O)CC2)n1. The number of aryl methyl sites for hydroxylation is 1. The highest BCUT2D eigenvalue weighted by Gasteiger charge is 2.25. The fraction of sp³-hybridized carbons (Fsp3) is 0.643. The zero-order valence-electron chi connectivity index (χ0n) is 12.6. The van der Waals surface area contributed by atoms with Gasteiger partial charge in [-0.3, -0.25) is 9.69 Å². The first-order chi connectivity index (χ1) is 9.80. The minimum atomic E-state index is -0.703. The van der Waals surface area contributed by atoms with Gasteiger partial charge in [-0.1, -0.05) is 11.6 Å². The van der Waals surface area contributed by atoms with Crippen LogP contribution in [0.1, 0.15) is 30.0 Å². The second kappa shape index (κ2) is 6.25. The van der Waals surface area contributed by atoms with Crippen LogP contribution in [0.15, 0.2) is 0 Å². The number of carbonyl (C=O) groups excluding carboxylic acids is 1. The van der Waals surface area contributed by atoms with Gasteiger partial charge in [0.15, 0.2) is 6.29 Å². The van der Waals surface area contributed by atoms with Gasteiger partial charge in [-0.05, 0) is 20.8 Å². The normalized spacial score (nSPS) is 17.1. The molecule has 0 radical (unpaired) electrons. The van der Waals surface area contributed by atoms with Crippen LogP contribution in [0.4, 0.5) is 5.82 Å². The molecule has 6 nitrogen and oxygen atoms in total. The summed E-state index contributed by atoms with van der Waals surface area (Å²) in [6, 6.07) is 0. The van der Waals surface area contributed by atoms with Crippen LogP contribution in [0.25, 0.3) is 0 Å². The largest absolute Gasteiger partial charge is 0.389 e. The van der Waals surface area contributed by atoms with Crippen LogP contribution in [0.5, 0.6) is 0 Å². The van der Waals surface area contributed by atoms with E-state index in [1.54, 1.807) is 20.8 Å². The molecule has 1 fully saturated rings. The Kier molecular flexibility index (Phi) is 4.81. The van der Waals surface area contributed by atoms with Crippen molar-refractivity contribution in [2.75, 3.05) is 37.6 Å². The van der Waals surface area contributed by atoms with E-state index < -0.39 is 5.60 Å². The van der Waals surface area contributed by atoms with Gasteiger partial charge in [0, 0.05) is 32.7 Å². The van der Waals surface area contributed by atoms with Gasteiger partial charge in [0.1, 0.15) is 16.8 Å². The molecule has 0 spiro atoms. The van der Waals surface area contributed by atoms with Crippen LogP contribution in [0, 0.1) is 6.92 Å². The lowest BCUT2D eigenvalue weighted by Crippen LogP contribution is -2.51. The van der Waals surface area contributed by atoms with Gasteiger partial charge in [0.25, 0.3) is 0 Å². The molecule has 2 heterocycles. The van der Waals surface area contributed by atoms with E-state index in [-0.39, 0.29) is 5.15 Å². The molecule has 1 aromatic heterocycles. The molecule has 2 rings (SSSR count). The minimum Gasteiger partial charge on any atom is -0.389 e. The number of piperazine rings is 1. The molecule has 0 aliphatic carbocycles. The smallest absolute Gasteiger partial charge is 0.156 e. The van der Waals surface area contributed by atoms with Crippen molar-refractivity contribution in [1.29, 1.82) is 0 Å². The standard InChI is InChI=1S/C14H21ClN4O2/c1-10-16-12(15)11(8-20)13(17-10)19-6-4-18(5-7-19)9-14(2,3)21/h8,21H,4-7,9H2,1-3H3. The summed E-state index contributed by atoms with van der Waals surface area (Å²) < 4.78 is 0. The molecule has 0 amide bonds. The summed E-state index contributed by atoms with van der Waals surface area (Å²) in [6.07, 6.45) is 0.709. The van der Waals surface area contributed by atoms with Crippen LogP contribution in [-0.2, 0) is 0 Å². The molecule has 1 aliphatic heterocycles. The number of hydrogen-bond donors (Lipinski definition) is 1. The number of nitrogens with zero attached hydrogens (tertiary/aromatic N) is 4. The van der Waals surface area contributed by atoms with Crippen molar-refractivity contribution < 1.29 is 9.90 Å². The molecule has 0 aromatic carbocycles. The van der Waals surface area contributed by atoms with Crippen molar-refractivity contribution in [2.45, 2.75) is 26.4 Å². The molecule has 0 saturated carbocycles. The summed E-state index contributed by atoms with van der Waals surface area (Å²) >= 11 is 6.02. The maximum absolute atomic E-state index is 11.2. The predicted molar refractivity (Wildman–Crippen MR) is 82.1 cm³/mol. The zero-order valence-corrected chi connectivity index (χ0v) is 13.4. The topological polar surface area (TPSA) is 69.6 Å². The Balaban J connectivity index is 2.11. The van der Waals surface area contributed by atoms with Crippen molar-refractivity contribution in [3.63, 3.8) is 0 Å². The van der Waals surface area contributed by atoms with Gasteiger partial charge in [0.05, 0.1) is 11.2 Å². The minimum absolute atomic E-state index is 0.200. The Labute approximate surface area is 129 Å². The quantitative estimate of drug-likeness (QED) is 0.664. The van der Waals surface area contributed by atoms with Crippen molar-refractivity contribution in [2.24, 2.45) is 0 Å². The fourth-order valence-electron chi connectivity index (χ4n) is 2.54. The first-order valence-electron chi connectivity index (χ1n) is 6.99. The van der Waals surface area contributed by atoms with E-state index in [4.69, 9.17) is 11.6 Å². The number of halogens is 1. The Morgan fingerprint density at radius 1 is 1.29 bits per heavy atom. The third kappa shape index (κ3) is 4.12. The predicted octanol–water partition coefficient (Wildman–Crippen LogP) is 1.14. The molecule has 1 N–H and O–H groups in total. The number of aliphatic hydroxyl groups is 1. The lowest BCUT2D eigenvalue weighted by atomic mass is 10.1. The first-order valence-corrected chi connectivity index (χ1v) is 7.37. The highest BCUT2D eigenvalue weighted by molar-refractivity contribution is 6.32. The molecule has 0 unspecified atom stereocenters. The van der Waals surface area contributed by atoms with Gasteiger partial charge in [-0.25, -0.2) is 9.97 Å². The van der Waals surface area contributed by atoms with E-state index in [0.717, 1.165) is 26.2 Å². The zero-order chi connectivity index (χ0) is 15.6. The Morgan fingerprint density at radius 3 is 2.43 bits per heavy atom. The number of aldehydes is 1. The van der Waals surface area contributed by atoms with Crippen LogP contribution < -0.4 is 4.90 Å². The molecule has 1 saturated heterocycles. The van der Waals surface area contributed by atoms with Crippen molar-refractivity contribution in [1.82, 2.24) is 14.9 Å². The van der Waals surface area contributed by atoms with Crippen LogP contribution in [0.3, 0.4) is 0 Å². The summed E-state index contributed by atoms with van der Waals surface area (Å²) in [6.45, 7) is 9.09. The monoisotopic (exact) mass is 312 g/mol. The third-order valence-electron chi connectivity index (χ3n) is 3.39. The summed E-state index contributed by atoms with van der Waals surface area (Å²) in [7, 11) is 0. The highest BCUT2D eigenvalue weighted by Crippen LogP contribution is 2.24. The van der Waals surface area contributed by atoms with Crippen LogP contribution in [-0.4, -0.2) is 64.6 Å². The highest BCUT2D eigenvalue weighted by atomic mass is 35.5. The Morgan fingerprint density at radius 2 is 1.90 bits per heavy atom. The number of hydrogen-bond acceptors (Lipinski definition) is 6. The van der Waals surface area contributed by atoms with Gasteiger partial charge in [-0.15, -0.1) is 0 Å². The van der Waals surface area contributed by atoms with Crippen molar-refractivity contribution >= 4 is 23.7 Å². The molecule has 1 aliphatic rings. The molecule has 0 atom stereocenters. The van der Waals surface area contributed by atoms with Gasteiger partial charge in [-0.2, -0.15) is 0 Å². The number of β-amino-alcohol motifs (C(OH)–C–C–N with tert-alkyl or cyclic N) is 1. The van der Waals surface area contributed by atoms with Gasteiger partial charge in [0.2, 0.25) is 0 Å². The van der Waals surface area contributed by atoms with E-state index in [1.807, 2.05) is 4.90 Å². The number of aromatic nitrogens is 2. The van der Waals surface area contributed by atoms with E-state index in [0.29, 0.717) is 30.0 Å². The maximum atomic E-state index is 11.2. The van der Waals surface area contributed by atoms with Crippen LogP contribution in [0.2, 0.25) is 5.15 Å². The summed E-state index contributed by atoms with van der Waals surface area (Å²) in [5.41, 5.74) is -0.358. The molecule has 0 bridgehead atoms. The molecule has 7 heteroatoms. The molecule has 1 aromatic rings. The average molecular weight is 313 g/mol. The Hall–Kier alpha value is -1.24. The van der Waals surface area contributed by atoms with Crippen molar-refractivity contribution in [3.8, 4) is 0 Å². The molecular weight excluding hydrogens is 292 g/mol. The second-order valence-electron chi connectivity index (χ2n) is 5.99. The van der Waals surface area contributed by atoms with Crippen LogP contribution >= 0.6 is 11.6 Å². The first kappa shape index (κ1) is 16.1. The fourth-order valence-corrected chi connectivity index (χ4v) is 2.79. The van der Waals surface area contributed by atoms with Gasteiger partial charge < -0.3 is 10.0 Å². The third-order valence-corrected chi connectivity index (χ3v) is 3.68. The molecule has 116 valence electrons. The average Bonchev–Trinajstić information content (AvgIpc) is 2.37. The van der Waals surface area contributed by atoms with Gasteiger partial charge >= 0.3 is 0 Å². The maximum Gasteiger partial charge on any atom is 0.156 e. The number of rotatable bonds is 4. The lowest BCUT2D eigenvalue weighted by Gasteiger charge is -2.38. The van der Waals surface area contributed by atoms with E-state index in [2.05, 4.69) is 14.9 Å². The second-order valence-corrected chi connectivity index (χ2v) is 6.35.